The predicted molar refractivity (Wildman–Crippen MR) is 127 cm³/mol. The van der Waals surface area contributed by atoms with Crippen LogP contribution in [0.25, 0.3) is 0 Å². The number of rotatable bonds is 8. The first-order valence-corrected chi connectivity index (χ1v) is 10.6. The van der Waals surface area contributed by atoms with Gasteiger partial charge in [-0.05, 0) is 49.5 Å². The largest absolute Gasteiger partial charge is 0.468 e. The van der Waals surface area contributed by atoms with Gasteiger partial charge in [0.15, 0.2) is 18.7 Å². The van der Waals surface area contributed by atoms with Crippen LogP contribution in [0.1, 0.15) is 19.8 Å². The molecule has 1 unspecified atom stereocenters. The number of alkyl halides is 3. The van der Waals surface area contributed by atoms with Crippen molar-refractivity contribution in [2.75, 3.05) is 24.3 Å². The molecule has 1 aliphatic rings. The summed E-state index contributed by atoms with van der Waals surface area (Å²) in [5.74, 6) is -0.0591. The van der Waals surface area contributed by atoms with E-state index >= 15 is 0 Å². The van der Waals surface area contributed by atoms with Gasteiger partial charge < -0.3 is 20.5 Å². The zero-order valence-corrected chi connectivity index (χ0v) is 18.9. The van der Waals surface area contributed by atoms with Gasteiger partial charge in [0, 0.05) is 30.9 Å². The van der Waals surface area contributed by atoms with Crippen molar-refractivity contribution < 1.29 is 23.0 Å². The normalized spacial score (nSPS) is 18.6. The molecule has 0 saturated carbocycles. The molecule has 0 fully saturated rings. The lowest BCUT2D eigenvalue weighted by atomic mass is 10.0. The fourth-order valence-electron chi connectivity index (χ4n) is 3.52. The molecule has 3 N–H and O–H groups in total. The SMILES string of the molecule is C=Nc1ccc(OCC(F)(F)F)nc1N(c1ccc(N)cc1)[C@H]1CC(/C=C\CC)=NN(C)C1O. The van der Waals surface area contributed by atoms with Gasteiger partial charge in [0.25, 0.3) is 0 Å². The third-order valence-electron chi connectivity index (χ3n) is 5.09. The van der Waals surface area contributed by atoms with Crippen LogP contribution in [0.15, 0.2) is 58.6 Å². The van der Waals surface area contributed by atoms with Crippen molar-refractivity contribution >= 4 is 35.3 Å². The standard InChI is InChI=1S/C23H27F3N6O2/c1-4-5-6-16-13-19(22(33)31(3)30-16)32(17-9-7-15(27)8-10-17)21-18(28-2)11-12-20(29-21)34-14-23(24,25)26/h5-12,19,22,33H,2,4,13-14,27H2,1,3H3/b6-5-/t19-,22?/m0/s1. The Balaban J connectivity index is 2.12. The van der Waals surface area contributed by atoms with Crippen LogP contribution < -0.4 is 15.4 Å². The first-order valence-electron chi connectivity index (χ1n) is 10.6. The Morgan fingerprint density at radius 2 is 2.00 bits per heavy atom. The van der Waals surface area contributed by atoms with Crippen LogP contribution in [-0.4, -0.2) is 59.6 Å². The fourth-order valence-corrected chi connectivity index (χ4v) is 3.52. The van der Waals surface area contributed by atoms with E-state index in [1.807, 2.05) is 19.1 Å². The topological polar surface area (TPSA) is 99.6 Å². The molecule has 2 aromatic rings. The van der Waals surface area contributed by atoms with E-state index in [9.17, 15) is 18.3 Å². The average Bonchev–Trinajstić information content (AvgIpc) is 2.80. The zero-order chi connectivity index (χ0) is 24.9. The highest BCUT2D eigenvalue weighted by Crippen LogP contribution is 2.39. The van der Waals surface area contributed by atoms with Gasteiger partial charge in [0.05, 0.1) is 11.8 Å². The van der Waals surface area contributed by atoms with E-state index in [-0.39, 0.29) is 11.7 Å². The number of aliphatic hydroxyl groups is 1. The van der Waals surface area contributed by atoms with E-state index in [0.717, 1.165) is 12.1 Å². The molecule has 0 amide bonds. The number of aliphatic imine (C=N–C) groups is 1. The lowest BCUT2D eigenvalue weighted by molar-refractivity contribution is -0.154. The minimum atomic E-state index is -4.52. The maximum atomic E-state index is 12.7. The number of aliphatic hydroxyl groups excluding tert-OH is 1. The second kappa shape index (κ2) is 10.6. The van der Waals surface area contributed by atoms with Crippen LogP contribution in [0.2, 0.25) is 0 Å². The van der Waals surface area contributed by atoms with E-state index in [4.69, 9.17) is 10.5 Å². The number of ether oxygens (including phenoxy) is 1. The number of halogens is 3. The Morgan fingerprint density at radius 3 is 2.62 bits per heavy atom. The van der Waals surface area contributed by atoms with Crippen molar-refractivity contribution in [1.29, 1.82) is 0 Å². The van der Waals surface area contributed by atoms with Gasteiger partial charge in [0.2, 0.25) is 5.88 Å². The number of hydrazone groups is 1. The number of hydrogen-bond acceptors (Lipinski definition) is 8. The van der Waals surface area contributed by atoms with Crippen molar-refractivity contribution in [1.82, 2.24) is 9.99 Å². The smallest absolute Gasteiger partial charge is 0.422 e. The number of pyridine rings is 1. The predicted octanol–water partition coefficient (Wildman–Crippen LogP) is 4.42. The summed E-state index contributed by atoms with van der Waals surface area (Å²) in [4.78, 5) is 10.0. The first kappa shape index (κ1) is 25.0. The van der Waals surface area contributed by atoms with Gasteiger partial charge >= 0.3 is 6.18 Å². The Kier molecular flexibility index (Phi) is 7.77. The van der Waals surface area contributed by atoms with Gasteiger partial charge in [-0.3, -0.25) is 10.0 Å². The van der Waals surface area contributed by atoms with E-state index in [1.165, 1.54) is 17.1 Å². The van der Waals surface area contributed by atoms with Crippen molar-refractivity contribution in [3.8, 4) is 5.88 Å². The van der Waals surface area contributed by atoms with Gasteiger partial charge in [-0.2, -0.15) is 23.3 Å². The van der Waals surface area contributed by atoms with Crippen molar-refractivity contribution in [3.05, 3.63) is 48.6 Å². The molecule has 1 aromatic carbocycles. The van der Waals surface area contributed by atoms with Crippen molar-refractivity contribution in [3.63, 3.8) is 0 Å². The summed E-state index contributed by atoms with van der Waals surface area (Å²) in [5, 5.41) is 16.9. The van der Waals surface area contributed by atoms with Crippen LogP contribution in [0.4, 0.5) is 36.1 Å². The lowest BCUT2D eigenvalue weighted by Gasteiger charge is -2.41. The Morgan fingerprint density at radius 1 is 1.29 bits per heavy atom. The molecule has 1 aliphatic heterocycles. The molecular weight excluding hydrogens is 449 g/mol. The number of aromatic nitrogens is 1. The van der Waals surface area contributed by atoms with Crippen LogP contribution in [0, 0.1) is 0 Å². The molecule has 0 saturated heterocycles. The average molecular weight is 477 g/mol. The summed E-state index contributed by atoms with van der Waals surface area (Å²) in [6.45, 7) is 4.07. The summed E-state index contributed by atoms with van der Waals surface area (Å²) < 4.78 is 43.0. The van der Waals surface area contributed by atoms with Crippen molar-refractivity contribution in [2.24, 2.45) is 10.1 Å². The second-order valence-electron chi connectivity index (χ2n) is 7.68. The number of nitrogen functional groups attached to an aromatic ring is 1. The third-order valence-corrected chi connectivity index (χ3v) is 5.09. The lowest BCUT2D eigenvalue weighted by Crippen LogP contribution is -2.51. The third kappa shape index (κ3) is 6.04. The van der Waals surface area contributed by atoms with Crippen LogP contribution in [0.3, 0.4) is 0 Å². The highest BCUT2D eigenvalue weighted by atomic mass is 19.4. The van der Waals surface area contributed by atoms with Gasteiger partial charge in [-0.1, -0.05) is 13.0 Å². The van der Waals surface area contributed by atoms with Crippen molar-refractivity contribution in [2.45, 2.75) is 38.2 Å². The quantitative estimate of drug-likeness (QED) is 0.432. The second-order valence-corrected chi connectivity index (χ2v) is 7.68. The summed E-state index contributed by atoms with van der Waals surface area (Å²) in [7, 11) is 1.64. The first-order chi connectivity index (χ1) is 16.1. The highest BCUT2D eigenvalue weighted by Gasteiger charge is 2.36. The number of likely N-dealkylation sites (N-methyl/N-ethyl adjacent to an activating group) is 1. The number of allylic oxidation sites excluding steroid dienone is 2. The minimum absolute atomic E-state index is 0.178. The van der Waals surface area contributed by atoms with Crippen LogP contribution >= 0.6 is 0 Å². The molecule has 2 heterocycles. The Hall–Kier alpha value is -3.60. The molecule has 2 atom stereocenters. The van der Waals surface area contributed by atoms with E-state index in [2.05, 4.69) is 21.8 Å². The number of nitrogens with zero attached hydrogens (tertiary/aromatic N) is 5. The molecule has 0 radical (unpaired) electrons. The van der Waals surface area contributed by atoms with E-state index in [0.29, 0.717) is 23.5 Å². The molecule has 182 valence electrons. The molecule has 0 spiro atoms. The Bertz CT molecular complexity index is 1060. The molecule has 1 aromatic heterocycles. The zero-order valence-electron chi connectivity index (χ0n) is 18.9. The molecule has 0 bridgehead atoms. The van der Waals surface area contributed by atoms with Crippen LogP contribution in [0.5, 0.6) is 5.88 Å². The monoisotopic (exact) mass is 476 g/mol. The number of benzene rings is 1. The summed E-state index contributed by atoms with van der Waals surface area (Å²) in [6.07, 6.45) is -0.613. The number of nitrogens with two attached hydrogens (primary N) is 1. The molecule has 34 heavy (non-hydrogen) atoms. The molecule has 11 heteroatoms. The Labute approximate surface area is 195 Å². The summed E-state index contributed by atoms with van der Waals surface area (Å²) >= 11 is 0. The number of anilines is 3. The summed E-state index contributed by atoms with van der Waals surface area (Å²) in [6, 6.07) is 8.96. The molecular formula is C23H27F3N6O2. The number of hydrogen-bond donors (Lipinski definition) is 2. The maximum absolute atomic E-state index is 12.7. The summed E-state index contributed by atoms with van der Waals surface area (Å²) in [5.41, 5.74) is 8.00. The van der Waals surface area contributed by atoms with Crippen LogP contribution in [-0.2, 0) is 0 Å². The van der Waals surface area contributed by atoms with Gasteiger partial charge in [-0.25, -0.2) is 0 Å². The minimum Gasteiger partial charge on any atom is -0.468 e. The van der Waals surface area contributed by atoms with Gasteiger partial charge in [0.1, 0.15) is 5.69 Å². The fraction of sp³-hybridized carbons (Fsp3) is 0.348. The molecule has 3 rings (SSSR count). The molecule has 8 nitrogen and oxygen atoms in total. The van der Waals surface area contributed by atoms with E-state index in [1.54, 1.807) is 36.2 Å². The molecule has 0 aliphatic carbocycles. The van der Waals surface area contributed by atoms with E-state index < -0.39 is 25.1 Å². The van der Waals surface area contributed by atoms with Gasteiger partial charge in [-0.15, -0.1) is 0 Å². The highest BCUT2D eigenvalue weighted by molar-refractivity contribution is 5.96. The maximum Gasteiger partial charge on any atom is 0.422 e.